The molecule has 0 aliphatic carbocycles. The molecule has 0 aromatic heterocycles. The van der Waals surface area contributed by atoms with E-state index in [9.17, 15) is 23.1 Å². The fourth-order valence-electron chi connectivity index (χ4n) is 3.09. The van der Waals surface area contributed by atoms with Gasteiger partial charge in [-0.05, 0) is 31.4 Å². The SMILES string of the molecule is CCC(C(=O)N1CCC(C(C)O)C1)c1cccc(C(F)(F)F)c1. The average Bonchev–Trinajstić information content (AvgIpc) is 2.97. The van der Waals surface area contributed by atoms with Crippen molar-refractivity contribution >= 4 is 5.91 Å². The number of benzene rings is 1. The highest BCUT2D eigenvalue weighted by Gasteiger charge is 2.34. The molecular weight excluding hydrogens is 307 g/mol. The van der Waals surface area contributed by atoms with Crippen LogP contribution in [0.1, 0.15) is 43.7 Å². The number of halogens is 3. The molecule has 1 saturated heterocycles. The van der Waals surface area contributed by atoms with Gasteiger partial charge in [0.1, 0.15) is 0 Å². The van der Waals surface area contributed by atoms with E-state index < -0.39 is 23.8 Å². The minimum atomic E-state index is -4.41. The van der Waals surface area contributed by atoms with Gasteiger partial charge in [0, 0.05) is 19.0 Å². The van der Waals surface area contributed by atoms with E-state index in [0.717, 1.165) is 18.6 Å². The number of hydrogen-bond acceptors (Lipinski definition) is 2. The number of nitrogens with zero attached hydrogens (tertiary/aromatic N) is 1. The van der Waals surface area contributed by atoms with Crippen LogP contribution < -0.4 is 0 Å². The van der Waals surface area contributed by atoms with Crippen molar-refractivity contribution in [2.24, 2.45) is 5.92 Å². The van der Waals surface area contributed by atoms with Crippen molar-refractivity contribution in [1.82, 2.24) is 4.90 Å². The van der Waals surface area contributed by atoms with Gasteiger partial charge in [-0.3, -0.25) is 4.79 Å². The smallest absolute Gasteiger partial charge is 0.393 e. The van der Waals surface area contributed by atoms with Crippen molar-refractivity contribution in [2.45, 2.75) is 44.9 Å². The highest BCUT2D eigenvalue weighted by Crippen LogP contribution is 2.33. The summed E-state index contributed by atoms with van der Waals surface area (Å²) in [6.07, 6.45) is -3.73. The number of amides is 1. The standard InChI is InChI=1S/C17H22F3NO2/c1-3-15(12-5-4-6-14(9-12)17(18,19)20)16(23)21-8-7-13(10-21)11(2)22/h4-6,9,11,13,15,22H,3,7-8,10H2,1-2H3. The van der Waals surface area contributed by atoms with Crippen molar-refractivity contribution in [2.75, 3.05) is 13.1 Å². The van der Waals surface area contributed by atoms with Crippen LogP contribution in [0.4, 0.5) is 13.2 Å². The van der Waals surface area contributed by atoms with Crippen molar-refractivity contribution in [1.29, 1.82) is 0 Å². The molecule has 1 aromatic carbocycles. The molecule has 3 nitrogen and oxygen atoms in total. The van der Waals surface area contributed by atoms with Gasteiger partial charge in [0.2, 0.25) is 5.91 Å². The minimum absolute atomic E-state index is 0.0398. The van der Waals surface area contributed by atoms with Crippen LogP contribution in [0.15, 0.2) is 24.3 Å². The zero-order chi connectivity index (χ0) is 17.2. The van der Waals surface area contributed by atoms with Crippen LogP contribution in [0.3, 0.4) is 0 Å². The normalized spacial score (nSPS) is 21.3. The lowest BCUT2D eigenvalue weighted by atomic mass is 9.93. The Bertz CT molecular complexity index is 557. The molecule has 1 aliphatic heterocycles. The molecule has 6 heteroatoms. The van der Waals surface area contributed by atoms with Gasteiger partial charge in [-0.15, -0.1) is 0 Å². The monoisotopic (exact) mass is 329 g/mol. The van der Waals surface area contributed by atoms with E-state index in [2.05, 4.69) is 0 Å². The fourth-order valence-corrected chi connectivity index (χ4v) is 3.09. The van der Waals surface area contributed by atoms with Crippen LogP contribution in [0.5, 0.6) is 0 Å². The maximum Gasteiger partial charge on any atom is 0.416 e. The summed E-state index contributed by atoms with van der Waals surface area (Å²) in [4.78, 5) is 14.3. The second-order valence-corrected chi connectivity index (χ2v) is 6.16. The third-order valence-electron chi connectivity index (χ3n) is 4.54. The van der Waals surface area contributed by atoms with Gasteiger partial charge in [0.15, 0.2) is 0 Å². The highest BCUT2D eigenvalue weighted by atomic mass is 19.4. The first-order valence-electron chi connectivity index (χ1n) is 7.88. The number of likely N-dealkylation sites (tertiary alicyclic amines) is 1. The lowest BCUT2D eigenvalue weighted by molar-refractivity contribution is -0.138. The molecule has 0 spiro atoms. The van der Waals surface area contributed by atoms with Crippen LogP contribution in [-0.2, 0) is 11.0 Å². The molecule has 1 aromatic rings. The molecule has 0 radical (unpaired) electrons. The summed E-state index contributed by atoms with van der Waals surface area (Å²) in [7, 11) is 0. The van der Waals surface area contributed by atoms with Crippen molar-refractivity contribution in [3.8, 4) is 0 Å². The van der Waals surface area contributed by atoms with Gasteiger partial charge in [-0.1, -0.05) is 25.1 Å². The molecule has 23 heavy (non-hydrogen) atoms. The predicted octanol–water partition coefficient (Wildman–Crippen LogP) is 3.43. The quantitative estimate of drug-likeness (QED) is 0.919. The first-order valence-corrected chi connectivity index (χ1v) is 7.88. The topological polar surface area (TPSA) is 40.5 Å². The van der Waals surface area contributed by atoms with Crippen LogP contribution in [0.2, 0.25) is 0 Å². The number of aliphatic hydroxyl groups is 1. The van der Waals surface area contributed by atoms with Gasteiger partial charge in [-0.25, -0.2) is 0 Å². The van der Waals surface area contributed by atoms with E-state index >= 15 is 0 Å². The predicted molar refractivity (Wildman–Crippen MR) is 80.8 cm³/mol. The second kappa shape index (κ2) is 6.91. The largest absolute Gasteiger partial charge is 0.416 e. The highest BCUT2D eigenvalue weighted by molar-refractivity contribution is 5.84. The fraction of sp³-hybridized carbons (Fsp3) is 0.588. The van der Waals surface area contributed by atoms with Crippen molar-refractivity contribution in [3.63, 3.8) is 0 Å². The molecule has 3 unspecified atom stereocenters. The molecule has 1 N–H and O–H groups in total. The molecule has 0 bridgehead atoms. The molecule has 2 rings (SSSR count). The first kappa shape index (κ1) is 17.8. The maximum atomic E-state index is 12.9. The molecule has 1 heterocycles. The van der Waals surface area contributed by atoms with E-state index in [1.165, 1.54) is 6.07 Å². The van der Waals surface area contributed by atoms with Gasteiger partial charge in [0.05, 0.1) is 17.6 Å². The Kier molecular flexibility index (Phi) is 5.34. The van der Waals surface area contributed by atoms with Gasteiger partial charge < -0.3 is 10.0 Å². The summed E-state index contributed by atoms with van der Waals surface area (Å²) in [5.41, 5.74) is -0.336. The summed E-state index contributed by atoms with van der Waals surface area (Å²) < 4.78 is 38.6. The number of carbonyl (C=O) groups is 1. The van der Waals surface area contributed by atoms with Crippen LogP contribution in [-0.4, -0.2) is 35.1 Å². The average molecular weight is 329 g/mol. The van der Waals surface area contributed by atoms with E-state index in [1.54, 1.807) is 24.8 Å². The van der Waals surface area contributed by atoms with Crippen LogP contribution >= 0.6 is 0 Å². The Labute approximate surface area is 134 Å². The maximum absolute atomic E-state index is 12.9. The van der Waals surface area contributed by atoms with E-state index in [0.29, 0.717) is 25.1 Å². The third kappa shape index (κ3) is 4.05. The molecule has 1 fully saturated rings. The van der Waals surface area contributed by atoms with E-state index in [1.807, 2.05) is 0 Å². The number of aliphatic hydroxyl groups excluding tert-OH is 1. The number of hydrogen-bond donors (Lipinski definition) is 1. The molecule has 1 aliphatic rings. The lowest BCUT2D eigenvalue weighted by Crippen LogP contribution is -2.34. The van der Waals surface area contributed by atoms with Crippen LogP contribution in [0.25, 0.3) is 0 Å². The van der Waals surface area contributed by atoms with Gasteiger partial charge >= 0.3 is 6.18 Å². The summed E-state index contributed by atoms with van der Waals surface area (Å²) in [5, 5.41) is 9.63. The Morgan fingerprint density at radius 2 is 2.13 bits per heavy atom. The first-order chi connectivity index (χ1) is 10.7. The Hall–Kier alpha value is -1.56. The lowest BCUT2D eigenvalue weighted by Gasteiger charge is -2.24. The summed E-state index contributed by atoms with van der Waals surface area (Å²) in [5.74, 6) is -0.696. The van der Waals surface area contributed by atoms with Crippen LogP contribution in [0, 0.1) is 5.92 Å². The molecule has 1 amide bonds. The zero-order valence-corrected chi connectivity index (χ0v) is 13.3. The molecule has 0 saturated carbocycles. The van der Waals surface area contributed by atoms with Gasteiger partial charge in [-0.2, -0.15) is 13.2 Å². The second-order valence-electron chi connectivity index (χ2n) is 6.16. The van der Waals surface area contributed by atoms with Gasteiger partial charge in [0.25, 0.3) is 0 Å². The molecular formula is C17H22F3NO2. The third-order valence-corrected chi connectivity index (χ3v) is 4.54. The Morgan fingerprint density at radius 3 is 2.65 bits per heavy atom. The molecule has 3 atom stereocenters. The number of alkyl halides is 3. The minimum Gasteiger partial charge on any atom is -0.393 e. The van der Waals surface area contributed by atoms with Crippen molar-refractivity contribution < 1.29 is 23.1 Å². The van der Waals surface area contributed by atoms with Crippen molar-refractivity contribution in [3.05, 3.63) is 35.4 Å². The summed E-state index contributed by atoms with van der Waals surface area (Å²) >= 11 is 0. The Morgan fingerprint density at radius 1 is 1.43 bits per heavy atom. The molecule has 128 valence electrons. The Balaban J connectivity index is 2.18. The number of carbonyl (C=O) groups excluding carboxylic acids is 1. The summed E-state index contributed by atoms with van der Waals surface area (Å²) in [6.45, 7) is 4.50. The van der Waals surface area contributed by atoms with E-state index in [4.69, 9.17) is 0 Å². The summed E-state index contributed by atoms with van der Waals surface area (Å²) in [6, 6.07) is 4.99. The number of rotatable bonds is 4. The zero-order valence-electron chi connectivity index (χ0n) is 13.3. The van der Waals surface area contributed by atoms with E-state index in [-0.39, 0.29) is 11.8 Å².